The standard InChI is InChI=1S/C24H29ClF3N3O3S/c1-3-31(4-2)35(33,34)22-14-16(10-12-19(22)25)23(32)30-21-15-17(24(26,27)28)11-13-20(21)29-18-8-6-5-7-9-18/h10-15,18,29H,3-9H2,1-2H3,(H,30,32). The molecule has 0 saturated heterocycles. The summed E-state index contributed by atoms with van der Waals surface area (Å²) < 4.78 is 67.2. The molecule has 2 N–H and O–H groups in total. The Morgan fingerprint density at radius 1 is 1.03 bits per heavy atom. The van der Waals surface area contributed by atoms with Crippen LogP contribution in [0.1, 0.15) is 61.9 Å². The number of benzene rings is 2. The average Bonchev–Trinajstić information content (AvgIpc) is 2.81. The zero-order chi connectivity index (χ0) is 25.8. The fourth-order valence-corrected chi connectivity index (χ4v) is 6.11. The van der Waals surface area contributed by atoms with Crippen molar-refractivity contribution in [1.29, 1.82) is 0 Å². The molecular weight excluding hydrogens is 503 g/mol. The Labute approximate surface area is 208 Å². The molecule has 6 nitrogen and oxygen atoms in total. The second kappa shape index (κ2) is 11.2. The van der Waals surface area contributed by atoms with Gasteiger partial charge in [0.2, 0.25) is 10.0 Å². The van der Waals surface area contributed by atoms with E-state index in [1.165, 1.54) is 22.5 Å². The number of carbonyl (C=O) groups is 1. The summed E-state index contributed by atoms with van der Waals surface area (Å²) in [5, 5.41) is 5.74. The maximum atomic E-state index is 13.4. The molecule has 192 valence electrons. The van der Waals surface area contributed by atoms with E-state index in [4.69, 9.17) is 11.6 Å². The van der Waals surface area contributed by atoms with Crippen molar-refractivity contribution < 1.29 is 26.4 Å². The van der Waals surface area contributed by atoms with Crippen LogP contribution in [0, 0.1) is 0 Å². The Kier molecular flexibility index (Phi) is 8.72. The number of sulfonamides is 1. The fourth-order valence-electron chi connectivity index (χ4n) is 4.16. The van der Waals surface area contributed by atoms with Gasteiger partial charge in [0.1, 0.15) is 4.90 Å². The first-order valence-corrected chi connectivity index (χ1v) is 13.4. The van der Waals surface area contributed by atoms with Crippen LogP contribution in [0.4, 0.5) is 24.5 Å². The largest absolute Gasteiger partial charge is 0.416 e. The first-order chi connectivity index (χ1) is 16.5. The summed E-state index contributed by atoms with van der Waals surface area (Å²) in [6, 6.07) is 7.03. The van der Waals surface area contributed by atoms with Crippen LogP contribution < -0.4 is 10.6 Å². The molecule has 1 amide bonds. The third kappa shape index (κ3) is 6.48. The predicted molar refractivity (Wildman–Crippen MR) is 131 cm³/mol. The van der Waals surface area contributed by atoms with Crippen molar-refractivity contribution in [2.24, 2.45) is 0 Å². The molecule has 1 aliphatic carbocycles. The van der Waals surface area contributed by atoms with Gasteiger partial charge in [0.05, 0.1) is 22.0 Å². The number of anilines is 2. The zero-order valence-electron chi connectivity index (χ0n) is 19.6. The van der Waals surface area contributed by atoms with E-state index in [2.05, 4.69) is 10.6 Å². The van der Waals surface area contributed by atoms with Crippen molar-refractivity contribution in [3.8, 4) is 0 Å². The van der Waals surface area contributed by atoms with Crippen molar-refractivity contribution in [1.82, 2.24) is 4.31 Å². The Morgan fingerprint density at radius 3 is 2.29 bits per heavy atom. The molecule has 0 heterocycles. The molecule has 1 saturated carbocycles. The van der Waals surface area contributed by atoms with Crippen LogP contribution >= 0.6 is 11.6 Å². The molecule has 0 unspecified atom stereocenters. The van der Waals surface area contributed by atoms with E-state index in [0.717, 1.165) is 50.3 Å². The minimum Gasteiger partial charge on any atom is -0.381 e. The lowest BCUT2D eigenvalue weighted by Crippen LogP contribution is -2.31. The van der Waals surface area contributed by atoms with Crippen molar-refractivity contribution in [2.75, 3.05) is 23.7 Å². The molecule has 0 bridgehead atoms. The Balaban J connectivity index is 1.95. The summed E-state index contributed by atoms with van der Waals surface area (Å²) in [4.78, 5) is 12.8. The van der Waals surface area contributed by atoms with E-state index < -0.39 is 27.7 Å². The summed E-state index contributed by atoms with van der Waals surface area (Å²) in [6.45, 7) is 3.79. The molecule has 0 spiro atoms. The van der Waals surface area contributed by atoms with Gasteiger partial charge in [-0.1, -0.05) is 44.7 Å². The SMILES string of the molecule is CCN(CC)S(=O)(=O)c1cc(C(=O)Nc2cc(C(F)(F)F)ccc2NC2CCCCC2)ccc1Cl. The highest BCUT2D eigenvalue weighted by Gasteiger charge is 2.32. The molecule has 0 aliphatic heterocycles. The highest BCUT2D eigenvalue weighted by Crippen LogP contribution is 2.35. The second-order valence-electron chi connectivity index (χ2n) is 8.43. The van der Waals surface area contributed by atoms with Gasteiger partial charge < -0.3 is 10.6 Å². The lowest BCUT2D eigenvalue weighted by Gasteiger charge is -2.25. The molecule has 0 atom stereocenters. The smallest absolute Gasteiger partial charge is 0.381 e. The molecule has 2 aromatic carbocycles. The van der Waals surface area contributed by atoms with Crippen molar-refractivity contribution >= 4 is 38.9 Å². The number of hydrogen-bond donors (Lipinski definition) is 2. The highest BCUT2D eigenvalue weighted by molar-refractivity contribution is 7.89. The number of alkyl halides is 3. The number of nitrogens with zero attached hydrogens (tertiary/aromatic N) is 1. The fraction of sp³-hybridized carbons (Fsp3) is 0.458. The maximum absolute atomic E-state index is 13.4. The van der Waals surface area contributed by atoms with Crippen LogP contribution in [0.25, 0.3) is 0 Å². The van der Waals surface area contributed by atoms with E-state index in [-0.39, 0.29) is 40.3 Å². The van der Waals surface area contributed by atoms with E-state index in [9.17, 15) is 26.4 Å². The van der Waals surface area contributed by atoms with Crippen LogP contribution in [0.2, 0.25) is 5.02 Å². The van der Waals surface area contributed by atoms with Gasteiger partial charge in [0.25, 0.3) is 5.91 Å². The Bertz CT molecular complexity index is 1160. The number of rotatable bonds is 8. The molecule has 0 aromatic heterocycles. The van der Waals surface area contributed by atoms with E-state index in [0.29, 0.717) is 5.69 Å². The first-order valence-electron chi connectivity index (χ1n) is 11.6. The van der Waals surface area contributed by atoms with Gasteiger partial charge in [0.15, 0.2) is 0 Å². The molecule has 1 fully saturated rings. The topological polar surface area (TPSA) is 78.5 Å². The van der Waals surface area contributed by atoms with Gasteiger partial charge in [-0.05, 0) is 49.2 Å². The maximum Gasteiger partial charge on any atom is 0.416 e. The molecule has 35 heavy (non-hydrogen) atoms. The number of halogens is 4. The van der Waals surface area contributed by atoms with Crippen molar-refractivity contribution in [3.63, 3.8) is 0 Å². The molecule has 3 rings (SSSR count). The molecule has 11 heteroatoms. The van der Waals surface area contributed by atoms with Crippen LogP contribution in [-0.2, 0) is 16.2 Å². The Morgan fingerprint density at radius 2 is 1.69 bits per heavy atom. The lowest BCUT2D eigenvalue weighted by molar-refractivity contribution is -0.137. The van der Waals surface area contributed by atoms with Gasteiger partial charge >= 0.3 is 6.18 Å². The molecule has 2 aromatic rings. The van der Waals surface area contributed by atoms with Crippen LogP contribution in [0.15, 0.2) is 41.3 Å². The predicted octanol–water partition coefficient (Wildman–Crippen LogP) is 6.39. The monoisotopic (exact) mass is 531 g/mol. The normalized spacial score (nSPS) is 15.3. The number of amides is 1. The van der Waals surface area contributed by atoms with E-state index >= 15 is 0 Å². The number of nitrogens with one attached hydrogen (secondary N) is 2. The molecule has 1 aliphatic rings. The number of carbonyl (C=O) groups excluding carboxylic acids is 1. The van der Waals surface area contributed by atoms with E-state index in [1.807, 2.05) is 0 Å². The minimum atomic E-state index is -4.59. The zero-order valence-corrected chi connectivity index (χ0v) is 21.2. The van der Waals surface area contributed by atoms with Crippen LogP contribution in [-0.4, -0.2) is 37.8 Å². The van der Waals surface area contributed by atoms with E-state index in [1.54, 1.807) is 13.8 Å². The summed E-state index contributed by atoms with van der Waals surface area (Å²) in [5.41, 5.74) is -0.592. The Hall–Kier alpha value is -2.30. The second-order valence-corrected chi connectivity index (χ2v) is 10.7. The number of hydrogen-bond acceptors (Lipinski definition) is 4. The summed E-state index contributed by atoms with van der Waals surface area (Å²) in [5.74, 6) is -0.747. The van der Waals surface area contributed by atoms with Gasteiger partial charge in [-0.2, -0.15) is 17.5 Å². The third-order valence-corrected chi connectivity index (χ3v) is 8.61. The summed E-state index contributed by atoms with van der Waals surface area (Å²) in [7, 11) is -3.95. The lowest BCUT2D eigenvalue weighted by atomic mass is 9.95. The van der Waals surface area contributed by atoms with Crippen LogP contribution in [0.5, 0.6) is 0 Å². The van der Waals surface area contributed by atoms with Gasteiger partial charge in [-0.25, -0.2) is 8.42 Å². The summed E-state index contributed by atoms with van der Waals surface area (Å²) >= 11 is 6.14. The van der Waals surface area contributed by atoms with Gasteiger partial charge in [0, 0.05) is 24.7 Å². The minimum absolute atomic E-state index is 0.0292. The van der Waals surface area contributed by atoms with Crippen molar-refractivity contribution in [3.05, 3.63) is 52.5 Å². The van der Waals surface area contributed by atoms with Crippen molar-refractivity contribution in [2.45, 2.75) is 63.1 Å². The quantitative estimate of drug-likeness (QED) is 0.414. The first kappa shape index (κ1) is 27.3. The molecular formula is C24H29ClF3N3O3S. The molecule has 0 radical (unpaired) electrons. The van der Waals surface area contributed by atoms with Gasteiger partial charge in [-0.15, -0.1) is 0 Å². The summed E-state index contributed by atoms with van der Waals surface area (Å²) in [6.07, 6.45) is 0.345. The average molecular weight is 532 g/mol. The van der Waals surface area contributed by atoms with Gasteiger partial charge in [-0.3, -0.25) is 4.79 Å². The van der Waals surface area contributed by atoms with Crippen LogP contribution in [0.3, 0.4) is 0 Å². The highest BCUT2D eigenvalue weighted by atomic mass is 35.5. The third-order valence-electron chi connectivity index (χ3n) is 6.08.